The fraction of sp³-hybridized carbons (Fsp3) is 0.227. The molecule has 4 heteroatoms. The number of hydrogen-bond donors (Lipinski definition) is 1. The number of carbonyl (C=O) groups excluding carboxylic acids is 1. The van der Waals surface area contributed by atoms with Crippen molar-refractivity contribution in [2.45, 2.75) is 26.4 Å². The molecule has 0 unspecified atom stereocenters. The third-order valence-electron chi connectivity index (χ3n) is 4.41. The van der Waals surface area contributed by atoms with Gasteiger partial charge in [-0.15, -0.1) is 0 Å². The molecular formula is C22H23NO3. The Balaban J connectivity index is 1.94. The Morgan fingerprint density at radius 3 is 2.46 bits per heavy atom. The lowest BCUT2D eigenvalue weighted by molar-refractivity contribution is -0.136. The van der Waals surface area contributed by atoms with Crippen molar-refractivity contribution in [3.63, 3.8) is 0 Å². The topological polar surface area (TPSA) is 47.6 Å². The van der Waals surface area contributed by atoms with Gasteiger partial charge in [0, 0.05) is 22.9 Å². The van der Waals surface area contributed by atoms with E-state index in [2.05, 4.69) is 5.32 Å². The van der Waals surface area contributed by atoms with E-state index in [-0.39, 0.29) is 11.9 Å². The van der Waals surface area contributed by atoms with Gasteiger partial charge in [0.2, 0.25) is 0 Å². The molecule has 134 valence electrons. The van der Waals surface area contributed by atoms with E-state index < -0.39 is 0 Å². The summed E-state index contributed by atoms with van der Waals surface area (Å²) < 4.78 is 11.1. The standard InChI is InChI=1S/C22H23NO3/c1-15-13-19(21(16(2)23-15)22(24)25-3)18-11-7-8-12-20(18)26-14-17-9-5-4-6-10-17/h4-13,19,23H,14H2,1-3H3/t19-/m1/s1. The van der Waals surface area contributed by atoms with Crippen LogP contribution in [0, 0.1) is 0 Å². The molecule has 1 atom stereocenters. The number of rotatable bonds is 5. The van der Waals surface area contributed by atoms with Crippen molar-refractivity contribution in [1.29, 1.82) is 0 Å². The average molecular weight is 349 g/mol. The maximum absolute atomic E-state index is 12.4. The van der Waals surface area contributed by atoms with Gasteiger partial charge in [0.05, 0.1) is 12.7 Å². The van der Waals surface area contributed by atoms with Gasteiger partial charge < -0.3 is 14.8 Å². The largest absolute Gasteiger partial charge is 0.489 e. The van der Waals surface area contributed by atoms with E-state index in [4.69, 9.17) is 9.47 Å². The minimum atomic E-state index is -0.332. The first-order valence-corrected chi connectivity index (χ1v) is 8.60. The van der Waals surface area contributed by atoms with Crippen molar-refractivity contribution in [1.82, 2.24) is 5.32 Å². The summed E-state index contributed by atoms with van der Waals surface area (Å²) in [5.74, 6) is 0.221. The smallest absolute Gasteiger partial charge is 0.336 e. The molecule has 0 saturated carbocycles. The number of para-hydroxylation sites is 1. The molecule has 0 radical (unpaired) electrons. The predicted octanol–water partition coefficient (Wildman–Crippen LogP) is 4.30. The molecule has 1 heterocycles. The molecule has 1 N–H and O–H groups in total. The second kappa shape index (κ2) is 7.91. The minimum Gasteiger partial charge on any atom is -0.489 e. The molecule has 2 aromatic carbocycles. The van der Waals surface area contributed by atoms with Crippen LogP contribution in [-0.4, -0.2) is 13.1 Å². The molecule has 0 amide bonds. The van der Waals surface area contributed by atoms with Crippen molar-refractivity contribution in [2.75, 3.05) is 7.11 Å². The summed E-state index contributed by atoms with van der Waals surface area (Å²) in [5.41, 5.74) is 4.45. The highest BCUT2D eigenvalue weighted by atomic mass is 16.5. The van der Waals surface area contributed by atoms with Crippen molar-refractivity contribution in [3.05, 3.63) is 88.8 Å². The van der Waals surface area contributed by atoms with Crippen LogP contribution in [0.1, 0.15) is 30.9 Å². The van der Waals surface area contributed by atoms with Crippen LogP contribution < -0.4 is 10.1 Å². The summed E-state index contributed by atoms with van der Waals surface area (Å²) in [4.78, 5) is 12.4. The first-order valence-electron chi connectivity index (χ1n) is 8.60. The number of esters is 1. The van der Waals surface area contributed by atoms with Gasteiger partial charge in [-0.3, -0.25) is 0 Å². The van der Waals surface area contributed by atoms with Crippen LogP contribution in [0.5, 0.6) is 5.75 Å². The number of carbonyl (C=O) groups is 1. The van der Waals surface area contributed by atoms with Gasteiger partial charge in [0.25, 0.3) is 0 Å². The van der Waals surface area contributed by atoms with Crippen molar-refractivity contribution < 1.29 is 14.3 Å². The van der Waals surface area contributed by atoms with Gasteiger partial charge in [0.1, 0.15) is 12.4 Å². The van der Waals surface area contributed by atoms with Crippen molar-refractivity contribution in [2.24, 2.45) is 0 Å². The number of dihydropyridines is 1. The lowest BCUT2D eigenvalue weighted by atomic mass is 9.86. The van der Waals surface area contributed by atoms with Gasteiger partial charge in [-0.2, -0.15) is 0 Å². The summed E-state index contributed by atoms with van der Waals surface area (Å²) in [6, 6.07) is 17.9. The van der Waals surface area contributed by atoms with Crippen LogP contribution in [0.3, 0.4) is 0 Å². The monoisotopic (exact) mass is 349 g/mol. The second-order valence-electron chi connectivity index (χ2n) is 6.29. The van der Waals surface area contributed by atoms with Gasteiger partial charge in [-0.25, -0.2) is 4.79 Å². The molecular weight excluding hydrogens is 326 g/mol. The van der Waals surface area contributed by atoms with Crippen molar-refractivity contribution in [3.8, 4) is 5.75 Å². The Hall–Kier alpha value is -3.01. The molecule has 0 spiro atoms. The highest BCUT2D eigenvalue weighted by molar-refractivity contribution is 5.92. The van der Waals surface area contributed by atoms with E-state index in [0.29, 0.717) is 12.2 Å². The third kappa shape index (κ3) is 3.80. The van der Waals surface area contributed by atoms with Crippen molar-refractivity contribution >= 4 is 5.97 Å². The van der Waals surface area contributed by atoms with E-state index >= 15 is 0 Å². The lowest BCUT2D eigenvalue weighted by Crippen LogP contribution is -2.25. The normalized spacial score (nSPS) is 16.6. The van der Waals surface area contributed by atoms with Crippen LogP contribution in [-0.2, 0) is 16.1 Å². The highest BCUT2D eigenvalue weighted by Gasteiger charge is 2.29. The average Bonchev–Trinajstić information content (AvgIpc) is 2.66. The Kier molecular flexibility index (Phi) is 5.42. The van der Waals surface area contributed by atoms with Crippen LogP contribution in [0.25, 0.3) is 0 Å². The van der Waals surface area contributed by atoms with E-state index in [0.717, 1.165) is 28.3 Å². The first-order chi connectivity index (χ1) is 12.6. The maximum atomic E-state index is 12.4. The third-order valence-corrected chi connectivity index (χ3v) is 4.41. The van der Waals surface area contributed by atoms with E-state index in [9.17, 15) is 4.79 Å². The molecule has 0 saturated heterocycles. The highest BCUT2D eigenvalue weighted by Crippen LogP contribution is 2.37. The minimum absolute atomic E-state index is 0.212. The van der Waals surface area contributed by atoms with E-state index in [1.54, 1.807) is 0 Å². The van der Waals surface area contributed by atoms with Gasteiger partial charge >= 0.3 is 5.97 Å². The molecule has 1 aliphatic rings. The van der Waals surface area contributed by atoms with Crippen LogP contribution in [0.15, 0.2) is 77.6 Å². The molecule has 4 nitrogen and oxygen atoms in total. The zero-order chi connectivity index (χ0) is 18.5. The zero-order valence-electron chi connectivity index (χ0n) is 15.3. The quantitative estimate of drug-likeness (QED) is 0.818. The molecule has 0 fully saturated rings. The Bertz CT molecular complexity index is 853. The summed E-state index contributed by atoms with van der Waals surface area (Å²) in [6.45, 7) is 4.35. The van der Waals surface area contributed by atoms with E-state index in [1.165, 1.54) is 7.11 Å². The number of nitrogens with one attached hydrogen (secondary N) is 1. The fourth-order valence-corrected chi connectivity index (χ4v) is 3.21. The summed E-state index contributed by atoms with van der Waals surface area (Å²) in [6.07, 6.45) is 2.03. The molecule has 2 aromatic rings. The molecule has 26 heavy (non-hydrogen) atoms. The number of allylic oxidation sites excluding steroid dienone is 3. The summed E-state index contributed by atoms with van der Waals surface area (Å²) >= 11 is 0. The number of benzene rings is 2. The molecule has 0 aromatic heterocycles. The van der Waals surface area contributed by atoms with Crippen LogP contribution >= 0.6 is 0 Å². The number of methoxy groups -OCH3 is 1. The second-order valence-corrected chi connectivity index (χ2v) is 6.29. The number of hydrogen-bond acceptors (Lipinski definition) is 4. The summed E-state index contributed by atoms with van der Waals surface area (Å²) in [5, 5.41) is 3.22. The van der Waals surface area contributed by atoms with E-state index in [1.807, 2.05) is 74.5 Å². The predicted molar refractivity (Wildman–Crippen MR) is 102 cm³/mol. The Morgan fingerprint density at radius 1 is 1.04 bits per heavy atom. The maximum Gasteiger partial charge on any atom is 0.336 e. The fourth-order valence-electron chi connectivity index (χ4n) is 3.21. The molecule has 0 bridgehead atoms. The Labute approximate surface area is 154 Å². The van der Waals surface area contributed by atoms with Gasteiger partial charge in [0.15, 0.2) is 0 Å². The molecule has 3 rings (SSSR count). The molecule has 0 aliphatic carbocycles. The van der Waals surface area contributed by atoms with Gasteiger partial charge in [-0.05, 0) is 25.5 Å². The van der Waals surface area contributed by atoms with Crippen LogP contribution in [0.2, 0.25) is 0 Å². The lowest BCUT2D eigenvalue weighted by Gasteiger charge is -2.26. The van der Waals surface area contributed by atoms with Crippen LogP contribution in [0.4, 0.5) is 0 Å². The number of ether oxygens (including phenoxy) is 2. The SMILES string of the molecule is COC(=O)C1=C(C)NC(C)=C[C@@H]1c1ccccc1OCc1ccccc1. The molecule has 1 aliphatic heterocycles. The van der Waals surface area contributed by atoms with Gasteiger partial charge in [-0.1, -0.05) is 54.6 Å². The summed E-state index contributed by atoms with van der Waals surface area (Å²) in [7, 11) is 1.41. The Morgan fingerprint density at radius 2 is 1.73 bits per heavy atom. The zero-order valence-corrected chi connectivity index (χ0v) is 15.3. The first kappa shape index (κ1) is 17.8.